The van der Waals surface area contributed by atoms with Crippen LogP contribution in [0.15, 0.2) is 0 Å². The summed E-state index contributed by atoms with van der Waals surface area (Å²) < 4.78 is 5.99. The van der Waals surface area contributed by atoms with Gasteiger partial charge in [0.2, 0.25) is 0 Å². The molecule has 0 amide bonds. The van der Waals surface area contributed by atoms with E-state index in [1.54, 1.807) is 0 Å². The Morgan fingerprint density at radius 3 is 2.18 bits per heavy atom. The average Bonchev–Trinajstić information content (AvgIpc) is 2.91. The van der Waals surface area contributed by atoms with Crippen molar-refractivity contribution in [3.63, 3.8) is 0 Å². The van der Waals surface area contributed by atoms with Gasteiger partial charge in [-0.25, -0.2) is 0 Å². The molecule has 0 aromatic carbocycles. The fraction of sp³-hybridized carbons (Fsp3) is 0.929. The Kier molecular flexibility index (Phi) is 2.72. The standard InChI is InChI=1S/C14H25NO2/c1-12(2)8-10(13(3,4)17-12)11(16)14(5,15)9-6-7-9/h9-10H,6-8,15H2,1-5H3. The molecule has 2 rings (SSSR count). The molecule has 1 aliphatic heterocycles. The molecule has 0 radical (unpaired) electrons. The maximum atomic E-state index is 12.6. The van der Waals surface area contributed by atoms with Crippen LogP contribution in [-0.2, 0) is 9.53 Å². The van der Waals surface area contributed by atoms with Gasteiger partial charge >= 0.3 is 0 Å². The number of Topliss-reactive ketones (excluding diaryl/α,β-unsaturated/α-hetero) is 1. The first-order valence-corrected chi connectivity index (χ1v) is 6.60. The molecule has 2 atom stereocenters. The van der Waals surface area contributed by atoms with Gasteiger partial charge in [-0.3, -0.25) is 4.79 Å². The van der Waals surface area contributed by atoms with Crippen LogP contribution in [0.4, 0.5) is 0 Å². The quantitative estimate of drug-likeness (QED) is 0.822. The zero-order valence-corrected chi connectivity index (χ0v) is 11.7. The zero-order chi connectivity index (χ0) is 13.1. The summed E-state index contributed by atoms with van der Waals surface area (Å²) in [6.07, 6.45) is 2.96. The fourth-order valence-electron chi connectivity index (χ4n) is 3.23. The highest BCUT2D eigenvalue weighted by molar-refractivity contribution is 5.91. The lowest BCUT2D eigenvalue weighted by Crippen LogP contribution is -2.53. The van der Waals surface area contributed by atoms with Crippen LogP contribution in [0.3, 0.4) is 0 Å². The largest absolute Gasteiger partial charge is 0.369 e. The van der Waals surface area contributed by atoms with Crippen LogP contribution in [0.2, 0.25) is 0 Å². The monoisotopic (exact) mass is 239 g/mol. The van der Waals surface area contributed by atoms with Gasteiger partial charge in [0.1, 0.15) is 0 Å². The average molecular weight is 239 g/mol. The number of nitrogens with two attached hydrogens (primary N) is 1. The minimum absolute atomic E-state index is 0.0758. The Balaban J connectivity index is 2.20. The summed E-state index contributed by atoms with van der Waals surface area (Å²) in [6, 6.07) is 0. The Morgan fingerprint density at radius 2 is 1.82 bits per heavy atom. The van der Waals surface area contributed by atoms with Crippen molar-refractivity contribution >= 4 is 5.78 Å². The van der Waals surface area contributed by atoms with Crippen LogP contribution in [-0.4, -0.2) is 22.5 Å². The van der Waals surface area contributed by atoms with Gasteiger partial charge in [0.25, 0.3) is 0 Å². The van der Waals surface area contributed by atoms with Crippen molar-refractivity contribution in [3.8, 4) is 0 Å². The molecule has 1 saturated carbocycles. The Labute approximate surface area is 104 Å². The van der Waals surface area contributed by atoms with E-state index < -0.39 is 11.1 Å². The number of hydrogen-bond donors (Lipinski definition) is 1. The minimum atomic E-state index is -0.661. The van der Waals surface area contributed by atoms with E-state index in [0.29, 0.717) is 5.92 Å². The van der Waals surface area contributed by atoms with E-state index in [9.17, 15) is 4.79 Å². The summed E-state index contributed by atoms with van der Waals surface area (Å²) in [5.41, 5.74) is 4.98. The third-order valence-electron chi connectivity index (χ3n) is 4.35. The van der Waals surface area contributed by atoms with Crippen LogP contribution in [0, 0.1) is 11.8 Å². The van der Waals surface area contributed by atoms with Crippen LogP contribution in [0.25, 0.3) is 0 Å². The van der Waals surface area contributed by atoms with Crippen molar-refractivity contribution in [2.75, 3.05) is 0 Å². The maximum absolute atomic E-state index is 12.6. The van der Waals surface area contributed by atoms with Gasteiger partial charge in [0.15, 0.2) is 5.78 Å². The summed E-state index contributed by atoms with van der Waals surface area (Å²) in [6.45, 7) is 10.0. The predicted molar refractivity (Wildman–Crippen MR) is 67.7 cm³/mol. The molecule has 1 saturated heterocycles. The van der Waals surface area contributed by atoms with Gasteiger partial charge in [-0.1, -0.05) is 0 Å². The summed E-state index contributed by atoms with van der Waals surface area (Å²) in [7, 11) is 0. The number of ether oxygens (including phenoxy) is 1. The Morgan fingerprint density at radius 1 is 1.29 bits per heavy atom. The number of rotatable bonds is 3. The first-order valence-electron chi connectivity index (χ1n) is 6.60. The molecule has 0 spiro atoms. The molecule has 98 valence electrons. The van der Waals surface area contributed by atoms with Crippen molar-refractivity contribution in [3.05, 3.63) is 0 Å². The summed E-state index contributed by atoms with van der Waals surface area (Å²) in [5, 5.41) is 0. The molecular weight excluding hydrogens is 214 g/mol. The van der Waals surface area contributed by atoms with E-state index in [-0.39, 0.29) is 17.3 Å². The SMILES string of the molecule is CC1(C)CC(C(=O)C(C)(N)C2CC2)C(C)(C)O1. The molecule has 1 heterocycles. The van der Waals surface area contributed by atoms with Gasteiger partial charge < -0.3 is 10.5 Å². The van der Waals surface area contributed by atoms with Gasteiger partial charge in [-0.05, 0) is 59.8 Å². The Bertz CT molecular complexity index is 340. The van der Waals surface area contributed by atoms with Gasteiger partial charge in [0, 0.05) is 0 Å². The third-order valence-corrected chi connectivity index (χ3v) is 4.35. The van der Waals surface area contributed by atoms with E-state index >= 15 is 0 Å². The first-order chi connectivity index (χ1) is 7.56. The van der Waals surface area contributed by atoms with E-state index in [1.807, 2.05) is 34.6 Å². The summed E-state index contributed by atoms with van der Waals surface area (Å²) in [4.78, 5) is 12.6. The lowest BCUT2D eigenvalue weighted by atomic mass is 9.75. The topological polar surface area (TPSA) is 52.3 Å². The van der Waals surface area contributed by atoms with Gasteiger partial charge in [0.05, 0.1) is 22.7 Å². The normalized spacial score (nSPS) is 34.4. The fourth-order valence-corrected chi connectivity index (χ4v) is 3.23. The highest BCUT2D eigenvalue weighted by Crippen LogP contribution is 2.47. The van der Waals surface area contributed by atoms with Crippen molar-refractivity contribution < 1.29 is 9.53 Å². The molecule has 2 fully saturated rings. The lowest BCUT2D eigenvalue weighted by molar-refractivity contribution is -0.134. The minimum Gasteiger partial charge on any atom is -0.369 e. The number of carbonyl (C=O) groups is 1. The third kappa shape index (κ3) is 2.27. The second-order valence-corrected chi connectivity index (χ2v) is 7.14. The summed E-state index contributed by atoms with van der Waals surface area (Å²) >= 11 is 0. The number of carbonyl (C=O) groups excluding carboxylic acids is 1. The zero-order valence-electron chi connectivity index (χ0n) is 11.7. The highest BCUT2D eigenvalue weighted by atomic mass is 16.5. The van der Waals surface area contributed by atoms with Gasteiger partial charge in [-0.15, -0.1) is 0 Å². The summed E-state index contributed by atoms with van der Waals surface area (Å²) in [5.74, 6) is 0.498. The van der Waals surface area contributed by atoms with Crippen molar-refractivity contribution in [1.82, 2.24) is 0 Å². The predicted octanol–water partition coefficient (Wildman–Crippen LogP) is 2.28. The van der Waals surface area contributed by atoms with Crippen LogP contribution in [0.5, 0.6) is 0 Å². The van der Waals surface area contributed by atoms with Crippen LogP contribution >= 0.6 is 0 Å². The lowest BCUT2D eigenvalue weighted by Gasteiger charge is -2.32. The van der Waals surface area contributed by atoms with Crippen molar-refractivity contribution in [2.24, 2.45) is 17.6 Å². The van der Waals surface area contributed by atoms with Crippen molar-refractivity contribution in [2.45, 2.75) is 70.6 Å². The van der Waals surface area contributed by atoms with E-state index in [1.165, 1.54) is 0 Å². The molecule has 0 aromatic heterocycles. The van der Waals surface area contributed by atoms with E-state index in [0.717, 1.165) is 19.3 Å². The molecule has 2 N–H and O–H groups in total. The molecular formula is C14H25NO2. The molecule has 0 bridgehead atoms. The van der Waals surface area contributed by atoms with Crippen molar-refractivity contribution in [1.29, 1.82) is 0 Å². The second kappa shape index (κ2) is 3.55. The molecule has 1 aliphatic carbocycles. The maximum Gasteiger partial charge on any atom is 0.158 e. The van der Waals surface area contributed by atoms with E-state index in [2.05, 4.69) is 0 Å². The number of hydrogen-bond acceptors (Lipinski definition) is 3. The number of ketones is 1. The van der Waals surface area contributed by atoms with Crippen LogP contribution in [0.1, 0.15) is 53.9 Å². The molecule has 2 unspecified atom stereocenters. The highest BCUT2D eigenvalue weighted by Gasteiger charge is 2.55. The Hall–Kier alpha value is -0.410. The molecule has 17 heavy (non-hydrogen) atoms. The molecule has 3 nitrogen and oxygen atoms in total. The molecule has 3 heteroatoms. The second-order valence-electron chi connectivity index (χ2n) is 7.14. The van der Waals surface area contributed by atoms with Crippen LogP contribution < -0.4 is 5.73 Å². The first kappa shape index (κ1) is 13.0. The smallest absolute Gasteiger partial charge is 0.158 e. The molecule has 2 aliphatic rings. The van der Waals surface area contributed by atoms with E-state index in [4.69, 9.17) is 10.5 Å². The molecule has 0 aromatic rings. The van der Waals surface area contributed by atoms with Gasteiger partial charge in [-0.2, -0.15) is 0 Å².